The van der Waals surface area contributed by atoms with Crippen LogP contribution in [-0.4, -0.2) is 33.1 Å². The second-order valence-electron chi connectivity index (χ2n) is 5.95. The van der Waals surface area contributed by atoms with Crippen LogP contribution in [0.1, 0.15) is 31.2 Å². The number of carbonyl (C=O) groups is 1. The molecule has 6 heteroatoms. The zero-order valence-electron chi connectivity index (χ0n) is 12.2. The van der Waals surface area contributed by atoms with E-state index in [0.29, 0.717) is 0 Å². The maximum atomic E-state index is 12.0. The third-order valence-electron chi connectivity index (χ3n) is 4.29. The van der Waals surface area contributed by atoms with E-state index in [2.05, 4.69) is 27.9 Å². The Labute approximate surface area is 143 Å². The molecule has 1 amide bonds. The molecule has 120 valence electrons. The number of nitrogens with one attached hydrogen (secondary N) is 1. The van der Waals surface area contributed by atoms with Crippen LogP contribution in [0.3, 0.4) is 0 Å². The number of alkyl halides is 1. The van der Waals surface area contributed by atoms with Crippen LogP contribution in [0.15, 0.2) is 30.3 Å². The molecule has 1 aliphatic carbocycles. The first kappa shape index (κ1) is 16.0. The molecule has 3 atom stereocenters. The number of hydrogen-bond donors (Lipinski definition) is 2. The van der Waals surface area contributed by atoms with Gasteiger partial charge in [0.15, 0.2) is 6.29 Å². The minimum absolute atomic E-state index is 0.120. The average Bonchev–Trinajstić information content (AvgIpc) is 3.30. The van der Waals surface area contributed by atoms with Crippen molar-refractivity contribution in [3.63, 3.8) is 0 Å². The van der Waals surface area contributed by atoms with Crippen molar-refractivity contribution in [2.45, 2.75) is 54.1 Å². The lowest BCUT2D eigenvalue weighted by molar-refractivity contribution is -0.166. The number of halogens is 1. The van der Waals surface area contributed by atoms with Gasteiger partial charge in [0.25, 0.3) is 0 Å². The van der Waals surface area contributed by atoms with Gasteiger partial charge in [0.1, 0.15) is 6.61 Å². The first-order valence-corrected chi connectivity index (χ1v) is 8.80. The van der Waals surface area contributed by atoms with Crippen molar-refractivity contribution in [3.8, 4) is 0 Å². The average molecular weight is 417 g/mol. The quantitative estimate of drug-likeness (QED) is 0.584. The zero-order chi connectivity index (χ0) is 15.6. The summed E-state index contributed by atoms with van der Waals surface area (Å²) in [5.74, 6) is 0. The Hall–Kier alpha value is -0.860. The molecule has 2 unspecified atom stereocenters. The second-order valence-corrected chi connectivity index (χ2v) is 7.55. The number of alkyl carbamates (subject to hydrolysis) is 1. The van der Waals surface area contributed by atoms with E-state index in [1.165, 1.54) is 0 Å². The van der Waals surface area contributed by atoms with Gasteiger partial charge in [-0.2, -0.15) is 0 Å². The van der Waals surface area contributed by atoms with E-state index in [9.17, 15) is 9.90 Å². The van der Waals surface area contributed by atoms with E-state index in [-0.39, 0.29) is 22.2 Å². The summed E-state index contributed by atoms with van der Waals surface area (Å²) in [6, 6.07) is 9.59. The molecule has 0 radical (unpaired) electrons. The largest absolute Gasteiger partial charge is 0.445 e. The van der Waals surface area contributed by atoms with Crippen LogP contribution in [0, 0.1) is 0 Å². The van der Waals surface area contributed by atoms with Gasteiger partial charge < -0.3 is 19.9 Å². The molecule has 1 saturated carbocycles. The molecular formula is C16H20INO4. The van der Waals surface area contributed by atoms with Gasteiger partial charge in [-0.15, -0.1) is 0 Å². The molecule has 2 N–H and O–H groups in total. The normalized spacial score (nSPS) is 29.6. The molecule has 5 nitrogen and oxygen atoms in total. The topological polar surface area (TPSA) is 67.8 Å². The highest BCUT2D eigenvalue weighted by Crippen LogP contribution is 2.44. The summed E-state index contributed by atoms with van der Waals surface area (Å²) in [6.07, 6.45) is 2.19. The van der Waals surface area contributed by atoms with Crippen molar-refractivity contribution in [2.24, 2.45) is 0 Å². The van der Waals surface area contributed by atoms with Crippen LogP contribution in [-0.2, 0) is 16.1 Å². The molecule has 3 rings (SSSR count). The summed E-state index contributed by atoms with van der Waals surface area (Å²) in [7, 11) is 0. The number of aliphatic hydroxyl groups is 1. The Morgan fingerprint density at radius 1 is 1.36 bits per heavy atom. The smallest absolute Gasteiger partial charge is 0.407 e. The Balaban J connectivity index is 1.50. The molecule has 2 fully saturated rings. The predicted octanol–water partition coefficient (Wildman–Crippen LogP) is 2.75. The van der Waals surface area contributed by atoms with E-state index in [0.717, 1.165) is 31.2 Å². The number of hydrogen-bond acceptors (Lipinski definition) is 4. The number of carbonyl (C=O) groups excluding carboxylic acids is 1. The highest BCUT2D eigenvalue weighted by molar-refractivity contribution is 14.1. The molecule has 22 heavy (non-hydrogen) atoms. The molecule has 0 bridgehead atoms. The van der Waals surface area contributed by atoms with Crippen LogP contribution in [0.2, 0.25) is 0 Å². The zero-order valence-corrected chi connectivity index (χ0v) is 14.4. The van der Waals surface area contributed by atoms with Crippen molar-refractivity contribution < 1.29 is 19.4 Å². The summed E-state index contributed by atoms with van der Waals surface area (Å²) in [6.45, 7) is 0.257. The number of ether oxygens (including phenoxy) is 2. The van der Waals surface area contributed by atoms with Crippen molar-refractivity contribution in [2.75, 3.05) is 0 Å². The highest BCUT2D eigenvalue weighted by atomic mass is 127. The van der Waals surface area contributed by atoms with Crippen molar-refractivity contribution >= 4 is 28.7 Å². The minimum Gasteiger partial charge on any atom is -0.445 e. The summed E-state index contributed by atoms with van der Waals surface area (Å²) >= 11 is 2.20. The van der Waals surface area contributed by atoms with E-state index >= 15 is 0 Å². The number of rotatable bonds is 4. The molecule has 0 spiro atoms. The number of aliphatic hydroxyl groups excluding tert-OH is 1. The van der Waals surface area contributed by atoms with E-state index in [1.54, 1.807) is 0 Å². The van der Waals surface area contributed by atoms with Gasteiger partial charge in [0, 0.05) is 0 Å². The van der Waals surface area contributed by atoms with Crippen LogP contribution >= 0.6 is 22.6 Å². The van der Waals surface area contributed by atoms with Gasteiger partial charge in [-0.1, -0.05) is 52.9 Å². The monoisotopic (exact) mass is 417 g/mol. The molecule has 1 aromatic carbocycles. The van der Waals surface area contributed by atoms with Gasteiger partial charge in [-0.05, 0) is 31.2 Å². The molecule has 1 saturated heterocycles. The fourth-order valence-corrected chi connectivity index (χ4v) is 3.33. The Bertz CT molecular complexity index is 520. The van der Waals surface area contributed by atoms with Crippen molar-refractivity contribution in [1.29, 1.82) is 0 Å². The SMILES string of the molecule is O=C(NC1([C@@H]2CCC(I)C(O)O2)CC1)OCc1ccccc1. The van der Waals surface area contributed by atoms with Gasteiger partial charge >= 0.3 is 6.09 Å². The Kier molecular flexibility index (Phi) is 4.89. The molecule has 1 aromatic rings. The van der Waals surface area contributed by atoms with Crippen LogP contribution in [0.5, 0.6) is 0 Å². The third kappa shape index (κ3) is 3.72. The van der Waals surface area contributed by atoms with E-state index < -0.39 is 12.4 Å². The first-order chi connectivity index (χ1) is 10.6. The maximum absolute atomic E-state index is 12.0. The third-order valence-corrected chi connectivity index (χ3v) is 5.52. The molecular weight excluding hydrogens is 397 g/mol. The standard InChI is InChI=1S/C16H20INO4/c17-12-6-7-13(22-14(12)19)16(8-9-16)18-15(20)21-10-11-4-2-1-3-5-11/h1-5,12-14,19H,6-10H2,(H,18,20)/t12?,13-,14?/m0/s1. The lowest BCUT2D eigenvalue weighted by Gasteiger charge is -2.35. The van der Waals surface area contributed by atoms with Gasteiger partial charge in [-0.25, -0.2) is 4.79 Å². The number of benzene rings is 1. The molecule has 1 aliphatic heterocycles. The lowest BCUT2D eigenvalue weighted by atomic mass is 9.99. The van der Waals surface area contributed by atoms with Crippen LogP contribution in [0.25, 0.3) is 0 Å². The van der Waals surface area contributed by atoms with E-state index in [1.807, 2.05) is 30.3 Å². The summed E-state index contributed by atoms with van der Waals surface area (Å²) in [5.41, 5.74) is 0.602. The van der Waals surface area contributed by atoms with Crippen molar-refractivity contribution in [3.05, 3.63) is 35.9 Å². The summed E-state index contributed by atoms with van der Waals surface area (Å²) in [4.78, 5) is 12.0. The van der Waals surface area contributed by atoms with Gasteiger partial charge in [0.05, 0.1) is 15.6 Å². The van der Waals surface area contributed by atoms with Gasteiger partial charge in [-0.3, -0.25) is 0 Å². The minimum atomic E-state index is -0.751. The second kappa shape index (κ2) is 6.72. The fraction of sp³-hybridized carbons (Fsp3) is 0.562. The number of amides is 1. The molecule has 0 aromatic heterocycles. The maximum Gasteiger partial charge on any atom is 0.407 e. The summed E-state index contributed by atoms with van der Waals surface area (Å²) < 4.78 is 11.1. The lowest BCUT2D eigenvalue weighted by Crippen LogP contribution is -2.51. The Morgan fingerprint density at radius 2 is 2.09 bits per heavy atom. The van der Waals surface area contributed by atoms with Crippen molar-refractivity contribution in [1.82, 2.24) is 5.32 Å². The molecule has 2 aliphatic rings. The van der Waals surface area contributed by atoms with Crippen LogP contribution < -0.4 is 5.32 Å². The molecule has 1 heterocycles. The highest BCUT2D eigenvalue weighted by Gasteiger charge is 2.53. The van der Waals surface area contributed by atoms with Gasteiger partial charge in [0.2, 0.25) is 0 Å². The fourth-order valence-electron chi connectivity index (χ4n) is 2.81. The first-order valence-electron chi connectivity index (χ1n) is 7.55. The van der Waals surface area contributed by atoms with E-state index in [4.69, 9.17) is 9.47 Å². The van der Waals surface area contributed by atoms with Crippen LogP contribution in [0.4, 0.5) is 4.79 Å². The summed E-state index contributed by atoms with van der Waals surface area (Å²) in [5, 5.41) is 12.8. The Morgan fingerprint density at radius 3 is 2.73 bits per heavy atom. The predicted molar refractivity (Wildman–Crippen MR) is 89.6 cm³/mol.